The van der Waals surface area contributed by atoms with Gasteiger partial charge < -0.3 is 0 Å². The normalized spacial score (nSPS) is 38.2. The SMILES string of the molecule is CCC1CCP(F)C1. The topological polar surface area (TPSA) is 0 Å². The number of hydrogen-bond acceptors (Lipinski definition) is 0. The maximum Gasteiger partial charge on any atom is 0.0816 e. The molecule has 0 nitrogen and oxygen atoms in total. The summed E-state index contributed by atoms with van der Waals surface area (Å²) < 4.78 is 12.4. The van der Waals surface area contributed by atoms with Crippen molar-refractivity contribution in [2.24, 2.45) is 5.92 Å². The van der Waals surface area contributed by atoms with Crippen LogP contribution >= 0.6 is 8.23 Å². The van der Waals surface area contributed by atoms with Gasteiger partial charge in [0, 0.05) is 0 Å². The largest absolute Gasteiger partial charge is 0.227 e. The van der Waals surface area contributed by atoms with Gasteiger partial charge in [-0.2, -0.15) is 0 Å². The summed E-state index contributed by atoms with van der Waals surface area (Å²) in [4.78, 5) is 0. The first-order chi connectivity index (χ1) is 3.83. The van der Waals surface area contributed by atoms with Crippen molar-refractivity contribution in [3.05, 3.63) is 0 Å². The van der Waals surface area contributed by atoms with Crippen LogP contribution < -0.4 is 0 Å². The molecule has 0 saturated carbocycles. The van der Waals surface area contributed by atoms with Crippen molar-refractivity contribution >= 4 is 8.23 Å². The summed E-state index contributed by atoms with van der Waals surface area (Å²) in [6.45, 7) is 2.15. The summed E-state index contributed by atoms with van der Waals surface area (Å²) in [6.07, 6.45) is 4.11. The molecule has 0 N–H and O–H groups in total. The van der Waals surface area contributed by atoms with Gasteiger partial charge in [-0.25, -0.2) is 4.20 Å². The fourth-order valence-corrected chi connectivity index (χ4v) is 2.95. The highest BCUT2D eigenvalue weighted by Crippen LogP contribution is 2.47. The molecule has 8 heavy (non-hydrogen) atoms. The fraction of sp³-hybridized carbons (Fsp3) is 1.00. The lowest BCUT2D eigenvalue weighted by Crippen LogP contribution is -1.92. The third kappa shape index (κ3) is 1.42. The molecular formula is C6H12FP. The first kappa shape index (κ1) is 6.48. The second kappa shape index (κ2) is 2.77. The Kier molecular flexibility index (Phi) is 2.25. The van der Waals surface area contributed by atoms with Gasteiger partial charge in [-0.05, 0) is 24.7 Å². The van der Waals surface area contributed by atoms with E-state index >= 15 is 0 Å². The zero-order chi connectivity index (χ0) is 5.98. The predicted octanol–water partition coefficient (Wildman–Crippen LogP) is 2.78. The van der Waals surface area contributed by atoms with Gasteiger partial charge >= 0.3 is 0 Å². The fourth-order valence-electron chi connectivity index (χ4n) is 1.12. The zero-order valence-electron chi connectivity index (χ0n) is 5.23. The highest BCUT2D eigenvalue weighted by Gasteiger charge is 2.22. The molecule has 48 valence electrons. The Morgan fingerprint density at radius 1 is 1.75 bits per heavy atom. The molecule has 1 aliphatic heterocycles. The van der Waals surface area contributed by atoms with Crippen LogP contribution in [0, 0.1) is 5.92 Å². The zero-order valence-corrected chi connectivity index (χ0v) is 6.13. The summed E-state index contributed by atoms with van der Waals surface area (Å²) >= 11 is 0. The van der Waals surface area contributed by atoms with Crippen LogP contribution in [0.25, 0.3) is 0 Å². The predicted molar refractivity (Wildman–Crippen MR) is 36.2 cm³/mol. The van der Waals surface area contributed by atoms with Gasteiger partial charge in [0.1, 0.15) is 0 Å². The highest BCUT2D eigenvalue weighted by molar-refractivity contribution is 7.52. The minimum Gasteiger partial charge on any atom is -0.227 e. The molecule has 0 aromatic heterocycles. The second-order valence-electron chi connectivity index (χ2n) is 2.43. The molecule has 0 bridgehead atoms. The van der Waals surface area contributed by atoms with Crippen molar-refractivity contribution in [2.45, 2.75) is 19.8 Å². The molecule has 1 heterocycles. The van der Waals surface area contributed by atoms with Gasteiger partial charge in [-0.15, -0.1) is 0 Å². The van der Waals surface area contributed by atoms with Crippen LogP contribution in [0.15, 0.2) is 0 Å². The molecule has 1 fully saturated rings. The summed E-state index contributed by atoms with van der Waals surface area (Å²) in [6, 6.07) is 0. The first-order valence-corrected chi connectivity index (χ1v) is 4.84. The molecule has 0 aliphatic carbocycles. The maximum atomic E-state index is 12.4. The van der Waals surface area contributed by atoms with Gasteiger partial charge in [0.25, 0.3) is 0 Å². The van der Waals surface area contributed by atoms with Crippen LogP contribution in [0.1, 0.15) is 19.8 Å². The van der Waals surface area contributed by atoms with E-state index in [-0.39, 0.29) is 0 Å². The van der Waals surface area contributed by atoms with Gasteiger partial charge in [0.15, 0.2) is 0 Å². The van der Waals surface area contributed by atoms with E-state index in [1.807, 2.05) is 0 Å². The molecular weight excluding hydrogens is 122 g/mol. The molecule has 2 heteroatoms. The third-order valence-corrected chi connectivity index (χ3v) is 3.47. The van der Waals surface area contributed by atoms with E-state index in [2.05, 4.69) is 6.92 Å². The standard InChI is InChI=1S/C6H12FP/c1-2-6-3-4-8(7)5-6/h6H,2-5H2,1H3. The molecule has 0 aromatic rings. The minimum atomic E-state index is -1.01. The quantitative estimate of drug-likeness (QED) is 0.484. The minimum absolute atomic E-state index is 0.728. The summed E-state index contributed by atoms with van der Waals surface area (Å²) in [7, 11) is -1.01. The number of rotatable bonds is 1. The molecule has 1 rings (SSSR count). The van der Waals surface area contributed by atoms with Crippen LogP contribution in [0.3, 0.4) is 0 Å². The highest BCUT2D eigenvalue weighted by atomic mass is 31.2. The second-order valence-corrected chi connectivity index (χ2v) is 4.17. The first-order valence-electron chi connectivity index (χ1n) is 3.23. The average molecular weight is 134 g/mol. The van der Waals surface area contributed by atoms with Gasteiger partial charge in [0.2, 0.25) is 0 Å². The summed E-state index contributed by atoms with van der Waals surface area (Å²) in [5.41, 5.74) is 0. The molecule has 0 spiro atoms. The summed E-state index contributed by atoms with van der Waals surface area (Å²) in [5.74, 6) is 0.728. The van der Waals surface area contributed by atoms with E-state index < -0.39 is 8.23 Å². The monoisotopic (exact) mass is 134 g/mol. The molecule has 2 atom stereocenters. The van der Waals surface area contributed by atoms with Gasteiger partial charge in [-0.3, -0.25) is 0 Å². The number of halogens is 1. The molecule has 1 aliphatic rings. The Balaban J connectivity index is 2.22. The Hall–Kier alpha value is 0.360. The van der Waals surface area contributed by atoms with Crippen molar-refractivity contribution in [1.29, 1.82) is 0 Å². The van der Waals surface area contributed by atoms with Crippen LogP contribution in [-0.4, -0.2) is 12.3 Å². The smallest absolute Gasteiger partial charge is 0.0816 e. The van der Waals surface area contributed by atoms with E-state index in [0.29, 0.717) is 0 Å². The molecule has 0 aromatic carbocycles. The van der Waals surface area contributed by atoms with Gasteiger partial charge in [-0.1, -0.05) is 13.3 Å². The maximum absolute atomic E-state index is 12.4. The van der Waals surface area contributed by atoms with Crippen LogP contribution in [-0.2, 0) is 0 Å². The lowest BCUT2D eigenvalue weighted by molar-refractivity contribution is 0.577. The third-order valence-electron chi connectivity index (χ3n) is 1.81. The van der Waals surface area contributed by atoms with E-state index in [1.165, 1.54) is 6.42 Å². The Labute approximate surface area is 51.3 Å². The molecule has 0 amide bonds. The Morgan fingerprint density at radius 3 is 2.75 bits per heavy atom. The van der Waals surface area contributed by atoms with E-state index in [9.17, 15) is 4.20 Å². The molecule has 0 radical (unpaired) electrons. The van der Waals surface area contributed by atoms with Crippen molar-refractivity contribution in [3.8, 4) is 0 Å². The van der Waals surface area contributed by atoms with Crippen LogP contribution in [0.5, 0.6) is 0 Å². The van der Waals surface area contributed by atoms with Crippen molar-refractivity contribution in [1.82, 2.24) is 0 Å². The number of hydrogen-bond donors (Lipinski definition) is 0. The van der Waals surface area contributed by atoms with Gasteiger partial charge in [0.05, 0.1) is 8.23 Å². The van der Waals surface area contributed by atoms with Crippen LogP contribution in [0.4, 0.5) is 4.20 Å². The lowest BCUT2D eigenvalue weighted by atomic mass is 10.1. The Morgan fingerprint density at radius 2 is 2.50 bits per heavy atom. The van der Waals surface area contributed by atoms with Crippen molar-refractivity contribution in [2.75, 3.05) is 12.3 Å². The summed E-state index contributed by atoms with van der Waals surface area (Å²) in [5, 5.41) is 0. The van der Waals surface area contributed by atoms with Crippen molar-refractivity contribution in [3.63, 3.8) is 0 Å². The average Bonchev–Trinajstić information content (AvgIpc) is 2.14. The molecule has 2 unspecified atom stereocenters. The van der Waals surface area contributed by atoms with E-state index in [4.69, 9.17) is 0 Å². The van der Waals surface area contributed by atoms with Crippen LogP contribution in [0.2, 0.25) is 0 Å². The van der Waals surface area contributed by atoms with Crippen molar-refractivity contribution < 1.29 is 4.20 Å². The van der Waals surface area contributed by atoms with E-state index in [0.717, 1.165) is 24.7 Å². The van der Waals surface area contributed by atoms with E-state index in [1.54, 1.807) is 0 Å². The Bertz CT molecular complexity index is 74.9. The lowest BCUT2D eigenvalue weighted by Gasteiger charge is -2.00. The molecule has 1 saturated heterocycles.